The topological polar surface area (TPSA) is 72.9 Å². The van der Waals surface area contributed by atoms with E-state index in [2.05, 4.69) is 4.18 Å². The van der Waals surface area contributed by atoms with E-state index in [0.29, 0.717) is 0 Å². The highest BCUT2D eigenvalue weighted by atomic mass is 32.2. The third kappa shape index (κ3) is 3.08. The van der Waals surface area contributed by atoms with Crippen molar-refractivity contribution in [3.05, 3.63) is 0 Å². The first kappa shape index (κ1) is 13.2. The van der Waals surface area contributed by atoms with Gasteiger partial charge in [-0.1, -0.05) is 0 Å². The molecule has 1 heterocycles. The van der Waals surface area contributed by atoms with Crippen molar-refractivity contribution in [3.8, 4) is 0 Å². The van der Waals surface area contributed by atoms with E-state index >= 15 is 0 Å². The summed E-state index contributed by atoms with van der Waals surface area (Å²) in [5.74, 6) is 0. The van der Waals surface area contributed by atoms with Gasteiger partial charge in [0.15, 0.2) is 0 Å². The lowest BCUT2D eigenvalue weighted by Gasteiger charge is -2.23. The lowest BCUT2D eigenvalue weighted by molar-refractivity contribution is 0.0966. The lowest BCUT2D eigenvalue weighted by atomic mass is 10.1. The molecule has 2 atom stereocenters. The largest absolute Gasteiger partial charge is 0.441 e. The van der Waals surface area contributed by atoms with E-state index in [1.807, 2.05) is 13.8 Å². The molecule has 94 valence electrons. The molecular weight excluding hydrogens is 234 g/mol. The molecule has 6 nitrogen and oxygen atoms in total. The SMILES string of the molecule is CC(C)N1C(=O)O[C@H](COS(C)(=O)=O)[C@H]1C. The summed E-state index contributed by atoms with van der Waals surface area (Å²) in [5, 5.41) is 0. The van der Waals surface area contributed by atoms with Crippen molar-refractivity contribution in [1.29, 1.82) is 0 Å². The Bertz CT molecular complexity index is 364. The van der Waals surface area contributed by atoms with Crippen molar-refractivity contribution in [2.45, 2.75) is 39.0 Å². The summed E-state index contributed by atoms with van der Waals surface area (Å²) in [7, 11) is -3.50. The Kier molecular flexibility index (Phi) is 3.80. The molecule has 0 N–H and O–H groups in total. The molecule has 0 unspecified atom stereocenters. The number of hydrogen-bond donors (Lipinski definition) is 0. The average molecular weight is 251 g/mol. The summed E-state index contributed by atoms with van der Waals surface area (Å²) >= 11 is 0. The van der Waals surface area contributed by atoms with Crippen molar-refractivity contribution in [3.63, 3.8) is 0 Å². The van der Waals surface area contributed by atoms with Gasteiger partial charge in [-0.05, 0) is 20.8 Å². The molecule has 1 fully saturated rings. The van der Waals surface area contributed by atoms with Crippen LogP contribution in [0.25, 0.3) is 0 Å². The molecule has 0 spiro atoms. The first-order valence-corrected chi connectivity index (χ1v) is 6.87. The summed E-state index contributed by atoms with van der Waals surface area (Å²) in [4.78, 5) is 13.0. The van der Waals surface area contributed by atoms with Gasteiger partial charge in [-0.15, -0.1) is 0 Å². The van der Waals surface area contributed by atoms with Crippen molar-refractivity contribution in [1.82, 2.24) is 4.90 Å². The monoisotopic (exact) mass is 251 g/mol. The van der Waals surface area contributed by atoms with Crippen LogP contribution in [0.4, 0.5) is 4.79 Å². The van der Waals surface area contributed by atoms with Gasteiger partial charge in [0, 0.05) is 6.04 Å². The highest BCUT2D eigenvalue weighted by molar-refractivity contribution is 7.85. The second kappa shape index (κ2) is 4.58. The number of amides is 1. The molecule has 0 radical (unpaired) electrons. The van der Waals surface area contributed by atoms with Crippen LogP contribution in [-0.2, 0) is 19.0 Å². The summed E-state index contributed by atoms with van der Waals surface area (Å²) in [5.41, 5.74) is 0. The zero-order chi connectivity index (χ0) is 12.5. The van der Waals surface area contributed by atoms with Crippen LogP contribution in [0.1, 0.15) is 20.8 Å². The van der Waals surface area contributed by atoms with E-state index in [1.54, 1.807) is 11.8 Å². The molecule has 0 aromatic rings. The number of rotatable bonds is 4. The van der Waals surface area contributed by atoms with E-state index in [-0.39, 0.29) is 18.7 Å². The predicted octanol–water partition coefficient (Wildman–Crippen LogP) is 0.580. The first-order chi connectivity index (χ1) is 7.22. The molecule has 1 rings (SSSR count). The molecule has 0 aromatic heterocycles. The summed E-state index contributed by atoms with van der Waals surface area (Å²) in [6, 6.07) is -0.167. The van der Waals surface area contributed by atoms with Crippen LogP contribution in [0.2, 0.25) is 0 Å². The van der Waals surface area contributed by atoms with Gasteiger partial charge in [0.05, 0.1) is 12.3 Å². The number of carbonyl (C=O) groups excluding carboxylic acids is 1. The Morgan fingerprint density at radius 3 is 2.44 bits per heavy atom. The Morgan fingerprint density at radius 1 is 1.50 bits per heavy atom. The Morgan fingerprint density at radius 2 is 2.06 bits per heavy atom. The highest BCUT2D eigenvalue weighted by Gasteiger charge is 2.40. The smallest absolute Gasteiger partial charge is 0.410 e. The molecule has 7 heteroatoms. The van der Waals surface area contributed by atoms with Crippen molar-refractivity contribution < 1.29 is 22.1 Å². The molecule has 1 aliphatic heterocycles. The van der Waals surface area contributed by atoms with E-state index in [4.69, 9.17) is 4.74 Å². The van der Waals surface area contributed by atoms with Crippen molar-refractivity contribution in [2.75, 3.05) is 12.9 Å². The Hall–Kier alpha value is -0.820. The van der Waals surface area contributed by atoms with Gasteiger partial charge in [0.2, 0.25) is 0 Å². The summed E-state index contributed by atoms with van der Waals surface area (Å²) in [6.07, 6.45) is 0.00324. The van der Waals surface area contributed by atoms with E-state index in [1.165, 1.54) is 0 Å². The third-order valence-corrected chi connectivity index (χ3v) is 3.01. The van der Waals surface area contributed by atoms with Crippen LogP contribution < -0.4 is 0 Å². The Labute approximate surface area is 95.6 Å². The Balaban J connectivity index is 2.62. The van der Waals surface area contributed by atoms with Gasteiger partial charge in [-0.3, -0.25) is 9.08 Å². The second-order valence-corrected chi connectivity index (χ2v) is 5.80. The van der Waals surface area contributed by atoms with Gasteiger partial charge < -0.3 is 4.74 Å². The van der Waals surface area contributed by atoms with Crippen molar-refractivity contribution >= 4 is 16.2 Å². The minimum absolute atomic E-state index is 0.0192. The number of carbonyl (C=O) groups is 1. The molecule has 0 aromatic carbocycles. The van der Waals surface area contributed by atoms with Crippen molar-refractivity contribution in [2.24, 2.45) is 0 Å². The molecule has 0 saturated carbocycles. The molecule has 0 bridgehead atoms. The maximum atomic E-state index is 11.5. The molecule has 1 aliphatic rings. The fraction of sp³-hybridized carbons (Fsp3) is 0.889. The fourth-order valence-electron chi connectivity index (χ4n) is 1.68. The molecular formula is C9H17NO5S. The molecule has 1 amide bonds. The maximum Gasteiger partial charge on any atom is 0.410 e. The number of hydrogen-bond acceptors (Lipinski definition) is 5. The lowest BCUT2D eigenvalue weighted by Crippen LogP contribution is -2.40. The van der Waals surface area contributed by atoms with E-state index < -0.39 is 22.3 Å². The van der Waals surface area contributed by atoms with Crippen LogP contribution >= 0.6 is 0 Å². The summed E-state index contributed by atoms with van der Waals surface area (Å²) < 4.78 is 31.3. The number of nitrogens with zero attached hydrogens (tertiary/aromatic N) is 1. The van der Waals surface area contributed by atoms with Crippen LogP contribution in [-0.4, -0.2) is 50.5 Å². The van der Waals surface area contributed by atoms with Gasteiger partial charge in [0.25, 0.3) is 10.1 Å². The van der Waals surface area contributed by atoms with E-state index in [0.717, 1.165) is 6.26 Å². The second-order valence-electron chi connectivity index (χ2n) is 4.15. The average Bonchev–Trinajstić information content (AvgIpc) is 2.36. The fourth-order valence-corrected chi connectivity index (χ4v) is 2.06. The zero-order valence-corrected chi connectivity index (χ0v) is 10.7. The standard InChI is InChI=1S/C9H17NO5S/c1-6(2)10-7(3)8(15-9(10)11)5-14-16(4,12)13/h6-8H,5H2,1-4H3/t7-,8-/m1/s1. The van der Waals surface area contributed by atoms with Crippen LogP contribution in [0.3, 0.4) is 0 Å². The van der Waals surface area contributed by atoms with Gasteiger partial charge in [0.1, 0.15) is 12.7 Å². The molecule has 0 aliphatic carbocycles. The minimum Gasteiger partial charge on any atom is -0.441 e. The first-order valence-electron chi connectivity index (χ1n) is 5.05. The highest BCUT2D eigenvalue weighted by Crippen LogP contribution is 2.22. The third-order valence-electron chi connectivity index (χ3n) is 2.44. The number of cyclic esters (lactones) is 1. The normalized spacial score (nSPS) is 26.3. The van der Waals surface area contributed by atoms with Gasteiger partial charge in [-0.25, -0.2) is 4.79 Å². The minimum atomic E-state index is -3.50. The molecule has 1 saturated heterocycles. The molecule has 16 heavy (non-hydrogen) atoms. The quantitative estimate of drug-likeness (QED) is 0.683. The van der Waals surface area contributed by atoms with Gasteiger partial charge >= 0.3 is 6.09 Å². The number of ether oxygens (including phenoxy) is 1. The summed E-state index contributed by atoms with van der Waals surface area (Å²) in [6.45, 7) is 5.42. The predicted molar refractivity (Wildman–Crippen MR) is 57.5 cm³/mol. The zero-order valence-electron chi connectivity index (χ0n) is 9.84. The maximum absolute atomic E-state index is 11.5. The van der Waals surface area contributed by atoms with Crippen LogP contribution in [0.5, 0.6) is 0 Å². The van der Waals surface area contributed by atoms with E-state index in [9.17, 15) is 13.2 Å². The van der Waals surface area contributed by atoms with Crippen LogP contribution in [0.15, 0.2) is 0 Å². The van der Waals surface area contributed by atoms with Gasteiger partial charge in [-0.2, -0.15) is 8.42 Å². The van der Waals surface area contributed by atoms with Crippen LogP contribution in [0, 0.1) is 0 Å².